The highest BCUT2D eigenvalue weighted by Crippen LogP contribution is 2.67. The van der Waals surface area contributed by atoms with Crippen LogP contribution < -0.4 is 0 Å². The van der Waals surface area contributed by atoms with Crippen molar-refractivity contribution in [1.82, 2.24) is 0 Å². The zero-order valence-electron chi connectivity index (χ0n) is 8.19. The van der Waals surface area contributed by atoms with Gasteiger partial charge in [-0.05, 0) is 44.4 Å². The SMILES string of the molecule is CC1O[C@]2(C)O[C@@H]3C[C@H]4C[C@@H]3[C@@H]2[C@@H]14. The second kappa shape index (κ2) is 1.82. The lowest BCUT2D eigenvalue weighted by atomic mass is 9.77. The molecule has 0 amide bonds. The van der Waals surface area contributed by atoms with Crippen molar-refractivity contribution in [3.8, 4) is 0 Å². The molecular formula is C11H16O2. The van der Waals surface area contributed by atoms with E-state index < -0.39 is 0 Å². The Morgan fingerprint density at radius 1 is 1.23 bits per heavy atom. The molecule has 7 atom stereocenters. The predicted molar refractivity (Wildman–Crippen MR) is 47.0 cm³/mol. The number of hydrogen-bond donors (Lipinski definition) is 0. The third-order valence-corrected chi connectivity index (χ3v) is 4.96. The Hall–Kier alpha value is -0.0800. The van der Waals surface area contributed by atoms with Crippen LogP contribution in [0.5, 0.6) is 0 Å². The van der Waals surface area contributed by atoms with Crippen molar-refractivity contribution in [2.45, 2.75) is 44.7 Å². The first-order chi connectivity index (χ1) is 6.19. The van der Waals surface area contributed by atoms with Crippen molar-refractivity contribution in [2.24, 2.45) is 23.7 Å². The summed E-state index contributed by atoms with van der Waals surface area (Å²) in [6.07, 6.45) is 3.72. The van der Waals surface area contributed by atoms with Crippen molar-refractivity contribution in [1.29, 1.82) is 0 Å². The molecule has 72 valence electrons. The molecule has 4 rings (SSSR count). The first kappa shape index (κ1) is 7.24. The molecule has 2 heterocycles. The van der Waals surface area contributed by atoms with Crippen molar-refractivity contribution in [3.63, 3.8) is 0 Å². The minimum atomic E-state index is -0.204. The van der Waals surface area contributed by atoms with Gasteiger partial charge in [-0.2, -0.15) is 0 Å². The van der Waals surface area contributed by atoms with Gasteiger partial charge in [-0.15, -0.1) is 0 Å². The van der Waals surface area contributed by atoms with Crippen molar-refractivity contribution in [2.75, 3.05) is 0 Å². The Kier molecular flexibility index (Phi) is 1.02. The molecule has 1 unspecified atom stereocenters. The van der Waals surface area contributed by atoms with E-state index in [9.17, 15) is 0 Å². The van der Waals surface area contributed by atoms with Crippen LogP contribution in [0.4, 0.5) is 0 Å². The molecule has 0 aromatic heterocycles. The lowest BCUT2D eigenvalue weighted by Gasteiger charge is -2.26. The van der Waals surface area contributed by atoms with E-state index in [-0.39, 0.29) is 5.79 Å². The molecule has 4 aliphatic rings. The summed E-state index contributed by atoms with van der Waals surface area (Å²) < 4.78 is 12.1. The maximum absolute atomic E-state index is 6.07. The van der Waals surface area contributed by atoms with E-state index in [1.807, 2.05) is 0 Å². The van der Waals surface area contributed by atoms with Gasteiger partial charge in [-0.1, -0.05) is 0 Å². The molecule has 2 nitrogen and oxygen atoms in total. The second-order valence-corrected chi connectivity index (χ2v) is 5.49. The predicted octanol–water partition coefficient (Wildman–Crippen LogP) is 1.79. The van der Waals surface area contributed by atoms with E-state index in [4.69, 9.17) is 9.47 Å². The van der Waals surface area contributed by atoms with Crippen LogP contribution in [0.2, 0.25) is 0 Å². The zero-order chi connectivity index (χ0) is 8.79. The molecule has 0 radical (unpaired) electrons. The summed E-state index contributed by atoms with van der Waals surface area (Å²) in [5.74, 6) is 3.09. The minimum absolute atomic E-state index is 0.204. The highest BCUT2D eigenvalue weighted by atomic mass is 16.7. The third kappa shape index (κ3) is 0.608. The summed E-state index contributed by atoms with van der Waals surface area (Å²) in [6, 6.07) is 0. The van der Waals surface area contributed by atoms with Crippen LogP contribution in [0.15, 0.2) is 0 Å². The van der Waals surface area contributed by atoms with E-state index in [2.05, 4.69) is 13.8 Å². The van der Waals surface area contributed by atoms with E-state index in [0.717, 1.165) is 23.7 Å². The second-order valence-electron chi connectivity index (χ2n) is 5.49. The average Bonchev–Trinajstić information content (AvgIpc) is 2.63. The summed E-state index contributed by atoms with van der Waals surface area (Å²) >= 11 is 0. The molecule has 2 bridgehead atoms. The summed E-state index contributed by atoms with van der Waals surface area (Å²) in [6.45, 7) is 4.39. The quantitative estimate of drug-likeness (QED) is 0.566. The largest absolute Gasteiger partial charge is 0.347 e. The molecule has 0 spiro atoms. The van der Waals surface area contributed by atoms with Gasteiger partial charge in [0.1, 0.15) is 0 Å². The molecule has 2 saturated carbocycles. The molecule has 0 aromatic carbocycles. The molecule has 2 aliphatic heterocycles. The van der Waals surface area contributed by atoms with E-state index in [1.54, 1.807) is 0 Å². The highest BCUT2D eigenvalue weighted by Gasteiger charge is 2.71. The first-order valence-electron chi connectivity index (χ1n) is 5.55. The number of fused-ring (bicyclic) bond motifs is 2. The third-order valence-electron chi connectivity index (χ3n) is 4.96. The van der Waals surface area contributed by atoms with E-state index in [0.29, 0.717) is 12.2 Å². The van der Waals surface area contributed by atoms with Crippen LogP contribution in [0.25, 0.3) is 0 Å². The van der Waals surface area contributed by atoms with Gasteiger partial charge < -0.3 is 9.47 Å². The smallest absolute Gasteiger partial charge is 0.169 e. The number of rotatable bonds is 0. The summed E-state index contributed by atoms with van der Waals surface area (Å²) in [7, 11) is 0. The van der Waals surface area contributed by atoms with Gasteiger partial charge in [-0.3, -0.25) is 0 Å². The topological polar surface area (TPSA) is 18.5 Å². The zero-order valence-corrected chi connectivity index (χ0v) is 8.19. The summed E-state index contributed by atoms with van der Waals surface area (Å²) in [4.78, 5) is 0. The molecule has 2 aliphatic carbocycles. The Balaban J connectivity index is 1.89. The first-order valence-corrected chi connectivity index (χ1v) is 5.55. The fourth-order valence-electron chi connectivity index (χ4n) is 4.82. The van der Waals surface area contributed by atoms with Gasteiger partial charge in [0, 0.05) is 5.92 Å². The Labute approximate surface area is 78.6 Å². The number of hydrogen-bond acceptors (Lipinski definition) is 2. The van der Waals surface area contributed by atoms with Gasteiger partial charge in [0.15, 0.2) is 5.79 Å². The fraction of sp³-hybridized carbons (Fsp3) is 1.00. The van der Waals surface area contributed by atoms with Crippen LogP contribution in [-0.2, 0) is 9.47 Å². The van der Waals surface area contributed by atoms with Crippen molar-refractivity contribution in [3.05, 3.63) is 0 Å². The number of ether oxygens (including phenoxy) is 2. The van der Waals surface area contributed by atoms with Gasteiger partial charge in [0.05, 0.1) is 12.2 Å². The van der Waals surface area contributed by atoms with Crippen molar-refractivity contribution < 1.29 is 9.47 Å². The van der Waals surface area contributed by atoms with Crippen LogP contribution in [0, 0.1) is 23.7 Å². The lowest BCUT2D eigenvalue weighted by molar-refractivity contribution is -0.219. The minimum Gasteiger partial charge on any atom is -0.347 e. The maximum Gasteiger partial charge on any atom is 0.169 e. The molecule has 13 heavy (non-hydrogen) atoms. The normalized spacial score (nSPS) is 72.5. The van der Waals surface area contributed by atoms with Gasteiger partial charge in [0.25, 0.3) is 0 Å². The van der Waals surface area contributed by atoms with Gasteiger partial charge in [0.2, 0.25) is 0 Å². The summed E-state index contributed by atoms with van der Waals surface area (Å²) in [5, 5.41) is 0. The highest BCUT2D eigenvalue weighted by molar-refractivity contribution is 5.14. The van der Waals surface area contributed by atoms with Crippen LogP contribution in [0.1, 0.15) is 26.7 Å². The van der Waals surface area contributed by atoms with E-state index in [1.165, 1.54) is 12.8 Å². The molecule has 2 heteroatoms. The summed E-state index contributed by atoms with van der Waals surface area (Å²) in [5.41, 5.74) is 0. The molecule has 2 saturated heterocycles. The Morgan fingerprint density at radius 2 is 2.08 bits per heavy atom. The van der Waals surface area contributed by atoms with Crippen LogP contribution in [-0.4, -0.2) is 18.0 Å². The van der Waals surface area contributed by atoms with Crippen LogP contribution in [0.3, 0.4) is 0 Å². The molecular weight excluding hydrogens is 164 g/mol. The monoisotopic (exact) mass is 180 g/mol. The van der Waals surface area contributed by atoms with Crippen LogP contribution >= 0.6 is 0 Å². The molecule has 0 N–H and O–H groups in total. The molecule has 0 aromatic rings. The fourth-order valence-corrected chi connectivity index (χ4v) is 4.82. The average molecular weight is 180 g/mol. The van der Waals surface area contributed by atoms with Gasteiger partial charge in [-0.25, -0.2) is 0 Å². The lowest BCUT2D eigenvalue weighted by Crippen LogP contribution is -2.30. The maximum atomic E-state index is 6.07. The Morgan fingerprint density at radius 3 is 2.92 bits per heavy atom. The van der Waals surface area contributed by atoms with Crippen molar-refractivity contribution >= 4 is 0 Å². The standard InChI is InChI=1S/C11H16O2/c1-5-9-6-3-7-8(4-6)13-11(2,12-5)10(7)9/h5-10H,3-4H2,1-2H3/t5?,6-,7+,8-,9+,10-,11-/m1/s1. The Bertz CT molecular complexity index is 275. The van der Waals surface area contributed by atoms with Gasteiger partial charge >= 0.3 is 0 Å². The molecule has 4 fully saturated rings. The van der Waals surface area contributed by atoms with E-state index >= 15 is 0 Å².